The molecule has 0 atom stereocenters. The third-order valence-electron chi connectivity index (χ3n) is 5.64. The van der Waals surface area contributed by atoms with Crippen LogP contribution in [0.1, 0.15) is 27.2 Å². The molecular weight excluding hydrogens is 506 g/mol. The van der Waals surface area contributed by atoms with Gasteiger partial charge in [-0.25, -0.2) is 10.1 Å². The zero-order valence-electron chi connectivity index (χ0n) is 20.2. The number of hydrogen-bond acceptors (Lipinski definition) is 6. The highest BCUT2D eigenvalue weighted by atomic mass is 35.5. The Hall–Kier alpha value is -4.89. The van der Waals surface area contributed by atoms with E-state index in [1.165, 1.54) is 12.3 Å². The second-order valence-corrected chi connectivity index (χ2v) is 8.59. The number of carbonyl (C=O) groups is 2. The number of benzene rings is 3. The van der Waals surface area contributed by atoms with E-state index in [1.54, 1.807) is 60.1 Å². The first-order valence-electron chi connectivity index (χ1n) is 11.6. The fourth-order valence-corrected chi connectivity index (χ4v) is 4.05. The van der Waals surface area contributed by atoms with Crippen LogP contribution in [0.15, 0.2) is 89.7 Å². The minimum absolute atomic E-state index is 0.0160. The summed E-state index contributed by atoms with van der Waals surface area (Å²) in [4.78, 5) is 25.9. The fourth-order valence-electron chi connectivity index (χ4n) is 3.73. The number of ether oxygens (including phenoxy) is 2. The van der Waals surface area contributed by atoms with Crippen LogP contribution in [0.3, 0.4) is 0 Å². The average molecular weight is 528 g/mol. The number of hydrogen-bond donors (Lipinski definition) is 2. The molecule has 5 rings (SSSR count). The molecule has 0 unspecified atom stereocenters. The van der Waals surface area contributed by atoms with Gasteiger partial charge >= 0.3 is 0 Å². The van der Waals surface area contributed by atoms with Crippen LogP contribution in [0.25, 0.3) is 11.8 Å². The van der Waals surface area contributed by atoms with Crippen molar-refractivity contribution in [3.8, 4) is 17.2 Å². The van der Waals surface area contributed by atoms with E-state index in [1.807, 2.05) is 30.3 Å². The molecule has 0 spiro atoms. The second-order valence-electron chi connectivity index (χ2n) is 8.23. The first kappa shape index (κ1) is 24.8. The summed E-state index contributed by atoms with van der Waals surface area (Å²) in [7, 11) is 0. The Kier molecular flexibility index (Phi) is 7.19. The van der Waals surface area contributed by atoms with Crippen LogP contribution in [-0.2, 0) is 4.79 Å². The Morgan fingerprint density at radius 2 is 1.71 bits per heavy atom. The second kappa shape index (κ2) is 11.0. The number of hydrazone groups is 1. The van der Waals surface area contributed by atoms with Gasteiger partial charge in [0.25, 0.3) is 11.8 Å². The van der Waals surface area contributed by atoms with Gasteiger partial charge in [-0.05, 0) is 55.0 Å². The number of nitrogens with zero attached hydrogens (tertiary/aromatic N) is 3. The smallest absolute Gasteiger partial charge is 0.287 e. The Morgan fingerprint density at radius 3 is 2.47 bits per heavy atom. The lowest BCUT2D eigenvalue weighted by atomic mass is 10.1. The molecule has 1 aromatic heterocycles. The summed E-state index contributed by atoms with van der Waals surface area (Å²) in [6, 6.07) is 23.2. The number of aryl methyl sites for hydroxylation is 1. The van der Waals surface area contributed by atoms with Gasteiger partial charge in [-0.1, -0.05) is 54.1 Å². The van der Waals surface area contributed by atoms with E-state index in [0.29, 0.717) is 39.0 Å². The number of rotatable bonds is 7. The molecule has 0 saturated heterocycles. The van der Waals surface area contributed by atoms with E-state index in [0.717, 1.165) is 5.69 Å². The number of para-hydroxylation sites is 1. The molecule has 2 heterocycles. The summed E-state index contributed by atoms with van der Waals surface area (Å²) >= 11 is 6.54. The number of halogens is 1. The van der Waals surface area contributed by atoms with Crippen molar-refractivity contribution < 1.29 is 19.1 Å². The van der Waals surface area contributed by atoms with Gasteiger partial charge < -0.3 is 14.8 Å². The summed E-state index contributed by atoms with van der Waals surface area (Å²) in [5.74, 6) is 0.0769. The van der Waals surface area contributed by atoms with Crippen molar-refractivity contribution >= 4 is 35.7 Å². The van der Waals surface area contributed by atoms with Gasteiger partial charge in [0.05, 0.1) is 23.2 Å². The highest BCUT2D eigenvalue weighted by molar-refractivity contribution is 6.32. The first-order valence-corrected chi connectivity index (χ1v) is 12.0. The van der Waals surface area contributed by atoms with Gasteiger partial charge in [0.1, 0.15) is 10.9 Å². The fraction of sp³-hybridized carbons (Fsp3) is 0.0714. The SMILES string of the molecule is Cc1nn(-c2ccccc2)c(Cl)c1/C=N\NC(=O)/C(=C\c1ccc2c(c1)OCO2)NC(=O)c1ccccc1. The zero-order valence-corrected chi connectivity index (χ0v) is 21.0. The Bertz CT molecular complexity index is 1550. The molecule has 2 amide bonds. The van der Waals surface area contributed by atoms with Crippen LogP contribution < -0.4 is 20.2 Å². The summed E-state index contributed by atoms with van der Waals surface area (Å²) in [6.07, 6.45) is 2.94. The summed E-state index contributed by atoms with van der Waals surface area (Å²) in [5, 5.41) is 11.5. The Morgan fingerprint density at radius 1 is 1.00 bits per heavy atom. The molecule has 38 heavy (non-hydrogen) atoms. The lowest BCUT2D eigenvalue weighted by Gasteiger charge is -2.09. The van der Waals surface area contributed by atoms with Crippen molar-refractivity contribution in [2.75, 3.05) is 6.79 Å². The molecule has 0 bridgehead atoms. The normalized spacial score (nSPS) is 12.5. The van der Waals surface area contributed by atoms with Crippen LogP contribution in [-0.4, -0.2) is 34.6 Å². The van der Waals surface area contributed by atoms with Crippen LogP contribution in [0, 0.1) is 6.92 Å². The molecule has 9 nitrogen and oxygen atoms in total. The van der Waals surface area contributed by atoms with E-state index in [-0.39, 0.29) is 12.5 Å². The van der Waals surface area contributed by atoms with Crippen molar-refractivity contribution in [2.24, 2.45) is 5.10 Å². The van der Waals surface area contributed by atoms with E-state index < -0.39 is 11.8 Å². The minimum Gasteiger partial charge on any atom is -0.454 e. The third-order valence-corrected chi connectivity index (χ3v) is 6.01. The number of fused-ring (bicyclic) bond motifs is 1. The summed E-state index contributed by atoms with van der Waals surface area (Å²) < 4.78 is 12.4. The van der Waals surface area contributed by atoms with Crippen molar-refractivity contribution in [1.82, 2.24) is 20.5 Å². The van der Waals surface area contributed by atoms with Gasteiger partial charge in [-0.15, -0.1) is 0 Å². The summed E-state index contributed by atoms with van der Waals surface area (Å²) in [5.41, 5.74) is 5.44. The van der Waals surface area contributed by atoms with Crippen LogP contribution in [0.5, 0.6) is 11.5 Å². The molecular formula is C28H22ClN5O4. The van der Waals surface area contributed by atoms with Gasteiger partial charge in [0.15, 0.2) is 11.5 Å². The van der Waals surface area contributed by atoms with Crippen LogP contribution >= 0.6 is 11.6 Å². The molecule has 2 N–H and O–H groups in total. The minimum atomic E-state index is -0.632. The molecule has 1 aliphatic heterocycles. The maximum absolute atomic E-state index is 13.1. The average Bonchev–Trinajstić information content (AvgIpc) is 3.52. The van der Waals surface area contributed by atoms with Crippen molar-refractivity contribution in [1.29, 1.82) is 0 Å². The largest absolute Gasteiger partial charge is 0.454 e. The van der Waals surface area contributed by atoms with Gasteiger partial charge in [0, 0.05) is 5.56 Å². The summed E-state index contributed by atoms with van der Waals surface area (Å²) in [6.45, 7) is 1.91. The van der Waals surface area contributed by atoms with Crippen LogP contribution in [0.2, 0.25) is 5.15 Å². The van der Waals surface area contributed by atoms with Crippen molar-refractivity contribution in [3.63, 3.8) is 0 Å². The zero-order chi connectivity index (χ0) is 26.5. The lowest BCUT2D eigenvalue weighted by Crippen LogP contribution is -2.32. The molecule has 3 aromatic carbocycles. The number of carbonyl (C=O) groups excluding carboxylic acids is 2. The Labute approximate surface area is 223 Å². The number of aromatic nitrogens is 2. The van der Waals surface area contributed by atoms with Gasteiger partial charge in [-0.3, -0.25) is 9.59 Å². The number of amides is 2. The maximum Gasteiger partial charge on any atom is 0.287 e. The van der Waals surface area contributed by atoms with E-state index >= 15 is 0 Å². The lowest BCUT2D eigenvalue weighted by molar-refractivity contribution is -0.117. The molecule has 0 radical (unpaired) electrons. The molecule has 190 valence electrons. The maximum atomic E-state index is 13.1. The van der Waals surface area contributed by atoms with E-state index in [9.17, 15) is 9.59 Å². The van der Waals surface area contributed by atoms with Crippen molar-refractivity contribution in [2.45, 2.75) is 6.92 Å². The Balaban J connectivity index is 1.38. The molecule has 10 heteroatoms. The van der Waals surface area contributed by atoms with Gasteiger partial charge in [0.2, 0.25) is 6.79 Å². The quantitative estimate of drug-likeness (QED) is 0.209. The predicted molar refractivity (Wildman–Crippen MR) is 143 cm³/mol. The van der Waals surface area contributed by atoms with E-state index in [2.05, 4.69) is 20.9 Å². The third kappa shape index (κ3) is 5.42. The highest BCUT2D eigenvalue weighted by Gasteiger charge is 2.18. The van der Waals surface area contributed by atoms with Crippen molar-refractivity contribution in [3.05, 3.63) is 112 Å². The number of nitrogens with one attached hydrogen (secondary N) is 2. The molecule has 0 aliphatic carbocycles. The van der Waals surface area contributed by atoms with Crippen LogP contribution in [0.4, 0.5) is 0 Å². The van der Waals surface area contributed by atoms with Gasteiger partial charge in [-0.2, -0.15) is 10.2 Å². The standard InChI is InChI=1S/C28H22ClN5O4/c1-18-22(26(29)34(33-18)21-10-6-3-7-11-21)16-30-32-28(36)23(31-27(35)20-8-4-2-5-9-20)14-19-12-13-24-25(15-19)38-17-37-24/h2-16H,17H2,1H3,(H,31,35)(H,32,36)/b23-14+,30-16-. The monoisotopic (exact) mass is 527 g/mol. The molecule has 1 aliphatic rings. The molecule has 0 saturated carbocycles. The molecule has 4 aromatic rings. The first-order chi connectivity index (χ1) is 18.5. The highest BCUT2D eigenvalue weighted by Crippen LogP contribution is 2.33. The van der Waals surface area contributed by atoms with E-state index in [4.69, 9.17) is 21.1 Å². The predicted octanol–water partition coefficient (Wildman–Crippen LogP) is 4.48. The topological polar surface area (TPSA) is 107 Å². The molecule has 0 fully saturated rings.